The van der Waals surface area contributed by atoms with Gasteiger partial charge >= 0.3 is 5.97 Å². The summed E-state index contributed by atoms with van der Waals surface area (Å²) in [4.78, 5) is 11.6. The van der Waals surface area contributed by atoms with Crippen LogP contribution in [0, 0.1) is 0 Å². The summed E-state index contributed by atoms with van der Waals surface area (Å²) in [5.74, 6) is -0.779. The Morgan fingerprint density at radius 3 is 2.67 bits per heavy atom. The summed E-state index contributed by atoms with van der Waals surface area (Å²) in [6.07, 6.45) is 1.76. The maximum atomic E-state index is 11.6. The van der Waals surface area contributed by atoms with Crippen LogP contribution >= 0.6 is 0 Å². The summed E-state index contributed by atoms with van der Waals surface area (Å²) in [6.45, 7) is 1.24. The van der Waals surface area contributed by atoms with E-state index in [1.54, 1.807) is 0 Å². The monoisotopic (exact) mass is 291 g/mol. The number of nitrogens with one attached hydrogen (secondary N) is 1. The van der Waals surface area contributed by atoms with E-state index in [1.165, 1.54) is 12.7 Å². The molecule has 114 valence electrons. The lowest BCUT2D eigenvalue weighted by Gasteiger charge is -2.41. The highest BCUT2D eigenvalue weighted by Crippen LogP contribution is 2.39. The number of ether oxygens (including phenoxy) is 3. The predicted molar refractivity (Wildman–Crippen MR) is 76.6 cm³/mol. The van der Waals surface area contributed by atoms with Crippen molar-refractivity contribution in [1.82, 2.24) is 5.32 Å². The van der Waals surface area contributed by atoms with Gasteiger partial charge < -0.3 is 19.5 Å². The third kappa shape index (κ3) is 3.26. The van der Waals surface area contributed by atoms with E-state index in [1.807, 2.05) is 18.2 Å². The molecule has 0 aromatic heterocycles. The number of hydrogen-bond acceptors (Lipinski definition) is 5. The molecule has 1 aromatic carbocycles. The molecule has 0 bridgehead atoms. The highest BCUT2D eigenvalue weighted by atomic mass is 16.7. The number of carbonyl (C=O) groups is 1. The van der Waals surface area contributed by atoms with Gasteiger partial charge in [-0.05, 0) is 5.56 Å². The van der Waals surface area contributed by atoms with Gasteiger partial charge in [0.2, 0.25) is 0 Å². The number of piperidine rings is 1. The van der Waals surface area contributed by atoms with Crippen LogP contribution in [-0.4, -0.2) is 38.1 Å². The lowest BCUT2D eigenvalue weighted by molar-refractivity contribution is -0.189. The van der Waals surface area contributed by atoms with Crippen LogP contribution in [0.25, 0.3) is 0 Å². The molecule has 5 nitrogen and oxygen atoms in total. The molecule has 0 aliphatic carbocycles. The molecular formula is C16H21NO4. The van der Waals surface area contributed by atoms with Gasteiger partial charge in [-0.3, -0.25) is 4.79 Å². The molecular weight excluding hydrogens is 270 g/mol. The normalized spacial score (nSPS) is 27.7. The summed E-state index contributed by atoms with van der Waals surface area (Å²) in [7, 11) is 1.41. The Morgan fingerprint density at radius 2 is 2.00 bits per heavy atom. The fourth-order valence-corrected chi connectivity index (χ4v) is 3.22. The predicted octanol–water partition coefficient (Wildman–Crippen LogP) is 1.79. The first-order valence-electron chi connectivity index (χ1n) is 7.36. The Bertz CT molecular complexity index is 484. The maximum Gasteiger partial charge on any atom is 0.307 e. The first-order chi connectivity index (χ1) is 10.2. The average Bonchev–Trinajstić information content (AvgIpc) is 2.95. The highest BCUT2D eigenvalue weighted by Gasteiger charge is 2.45. The van der Waals surface area contributed by atoms with E-state index < -0.39 is 5.79 Å². The summed E-state index contributed by atoms with van der Waals surface area (Å²) in [6, 6.07) is 10.3. The van der Waals surface area contributed by atoms with Crippen molar-refractivity contribution in [2.75, 3.05) is 20.3 Å². The smallest absolute Gasteiger partial charge is 0.307 e. The Kier molecular flexibility index (Phi) is 4.24. The van der Waals surface area contributed by atoms with Crippen LogP contribution in [0.3, 0.4) is 0 Å². The fraction of sp³-hybridized carbons (Fsp3) is 0.562. The van der Waals surface area contributed by atoms with Crippen molar-refractivity contribution >= 4 is 5.97 Å². The van der Waals surface area contributed by atoms with E-state index in [9.17, 15) is 4.79 Å². The van der Waals surface area contributed by atoms with Gasteiger partial charge in [0.1, 0.15) is 0 Å². The van der Waals surface area contributed by atoms with Crippen molar-refractivity contribution in [2.45, 2.75) is 37.1 Å². The summed E-state index contributed by atoms with van der Waals surface area (Å²) >= 11 is 0. The zero-order chi connectivity index (χ0) is 14.7. The first-order valence-corrected chi connectivity index (χ1v) is 7.36. The fourth-order valence-electron chi connectivity index (χ4n) is 3.22. The summed E-state index contributed by atoms with van der Waals surface area (Å²) in [5, 5.41) is 3.53. The van der Waals surface area contributed by atoms with Crippen LogP contribution in [0.1, 0.15) is 30.9 Å². The molecule has 5 heteroatoms. The Labute approximate surface area is 124 Å². The van der Waals surface area contributed by atoms with E-state index in [0.29, 0.717) is 26.1 Å². The molecule has 2 saturated heterocycles. The van der Waals surface area contributed by atoms with Crippen molar-refractivity contribution in [1.29, 1.82) is 0 Å². The molecule has 0 saturated carbocycles. The third-order valence-corrected chi connectivity index (χ3v) is 4.17. The van der Waals surface area contributed by atoms with Crippen LogP contribution in [0.4, 0.5) is 0 Å². The SMILES string of the molecule is COC(=O)C[C@H]1CC2(C[C@@H](c3ccccc3)N1)OCCO2. The maximum absolute atomic E-state index is 11.6. The molecule has 0 unspecified atom stereocenters. The van der Waals surface area contributed by atoms with Crippen molar-refractivity contribution in [3.63, 3.8) is 0 Å². The minimum Gasteiger partial charge on any atom is -0.469 e. The quantitative estimate of drug-likeness (QED) is 0.860. The van der Waals surface area contributed by atoms with Crippen LogP contribution in [0.5, 0.6) is 0 Å². The molecule has 2 heterocycles. The zero-order valence-electron chi connectivity index (χ0n) is 12.2. The minimum absolute atomic E-state index is 0.00509. The Balaban J connectivity index is 1.79. The molecule has 2 fully saturated rings. The molecule has 1 spiro atoms. The Morgan fingerprint density at radius 1 is 1.29 bits per heavy atom. The second-order valence-corrected chi connectivity index (χ2v) is 5.62. The number of rotatable bonds is 3. The minimum atomic E-state index is -0.565. The average molecular weight is 291 g/mol. The molecule has 3 rings (SSSR count). The van der Waals surface area contributed by atoms with Gasteiger partial charge in [-0.1, -0.05) is 30.3 Å². The van der Waals surface area contributed by atoms with Crippen molar-refractivity contribution < 1.29 is 19.0 Å². The third-order valence-electron chi connectivity index (χ3n) is 4.17. The van der Waals surface area contributed by atoms with Gasteiger partial charge in [0.15, 0.2) is 5.79 Å². The van der Waals surface area contributed by atoms with Crippen molar-refractivity contribution in [3.05, 3.63) is 35.9 Å². The second kappa shape index (κ2) is 6.13. The van der Waals surface area contributed by atoms with E-state index in [0.717, 1.165) is 6.42 Å². The van der Waals surface area contributed by atoms with Gasteiger partial charge in [-0.15, -0.1) is 0 Å². The number of methoxy groups -OCH3 is 1. The molecule has 2 atom stereocenters. The van der Waals surface area contributed by atoms with Crippen molar-refractivity contribution in [2.24, 2.45) is 0 Å². The number of hydrogen-bond donors (Lipinski definition) is 1. The molecule has 0 radical (unpaired) electrons. The number of esters is 1. The lowest BCUT2D eigenvalue weighted by atomic mass is 9.87. The summed E-state index contributed by atoms with van der Waals surface area (Å²) < 4.78 is 16.5. The van der Waals surface area contributed by atoms with Gasteiger partial charge in [-0.25, -0.2) is 0 Å². The van der Waals surface area contributed by atoms with Crippen LogP contribution < -0.4 is 5.32 Å². The molecule has 0 amide bonds. The second-order valence-electron chi connectivity index (χ2n) is 5.62. The van der Waals surface area contributed by atoms with E-state index in [2.05, 4.69) is 17.4 Å². The van der Waals surface area contributed by atoms with Gasteiger partial charge in [0.25, 0.3) is 0 Å². The summed E-state index contributed by atoms with van der Waals surface area (Å²) in [5.41, 5.74) is 1.19. The Hall–Kier alpha value is -1.43. The first kappa shape index (κ1) is 14.5. The van der Waals surface area contributed by atoms with Gasteiger partial charge in [0.05, 0.1) is 26.7 Å². The number of benzene rings is 1. The number of carbonyl (C=O) groups excluding carboxylic acids is 1. The zero-order valence-corrected chi connectivity index (χ0v) is 12.2. The molecule has 2 aliphatic rings. The molecule has 2 aliphatic heterocycles. The van der Waals surface area contributed by atoms with E-state index in [-0.39, 0.29) is 18.1 Å². The van der Waals surface area contributed by atoms with Crippen LogP contribution in [-0.2, 0) is 19.0 Å². The highest BCUT2D eigenvalue weighted by molar-refractivity contribution is 5.70. The molecule has 1 aromatic rings. The van der Waals surface area contributed by atoms with E-state index >= 15 is 0 Å². The molecule has 21 heavy (non-hydrogen) atoms. The topological polar surface area (TPSA) is 56.8 Å². The van der Waals surface area contributed by atoms with Crippen LogP contribution in [0.2, 0.25) is 0 Å². The van der Waals surface area contributed by atoms with Crippen LogP contribution in [0.15, 0.2) is 30.3 Å². The van der Waals surface area contributed by atoms with Gasteiger partial charge in [0, 0.05) is 24.9 Å². The largest absolute Gasteiger partial charge is 0.469 e. The van der Waals surface area contributed by atoms with Gasteiger partial charge in [-0.2, -0.15) is 0 Å². The standard InChI is InChI=1S/C16H21NO4/c1-19-15(18)9-13-10-16(20-7-8-21-16)11-14(17-13)12-5-3-2-4-6-12/h2-6,13-14,17H,7-11H2,1H3/t13-,14-/m0/s1. The molecule has 1 N–H and O–H groups in total. The van der Waals surface area contributed by atoms with E-state index in [4.69, 9.17) is 14.2 Å². The lowest BCUT2D eigenvalue weighted by Crippen LogP contribution is -2.51. The van der Waals surface area contributed by atoms with Crippen molar-refractivity contribution in [3.8, 4) is 0 Å².